The molecular weight excluding hydrogens is 218 g/mol. The zero-order valence-corrected chi connectivity index (χ0v) is 13.4. The van der Waals surface area contributed by atoms with Gasteiger partial charge in [-0.3, -0.25) is 0 Å². The molecule has 18 heavy (non-hydrogen) atoms. The first-order valence-corrected chi connectivity index (χ1v) is 8.16. The van der Waals surface area contributed by atoms with Crippen LogP contribution in [0.15, 0.2) is 0 Å². The predicted octanol–water partition coefficient (Wildman–Crippen LogP) is 5.01. The van der Waals surface area contributed by atoms with Crippen LogP contribution >= 0.6 is 0 Å². The van der Waals surface area contributed by atoms with Crippen molar-refractivity contribution in [3.8, 4) is 0 Å². The second-order valence-corrected chi connectivity index (χ2v) is 7.37. The fourth-order valence-electron chi connectivity index (χ4n) is 3.62. The number of hydrogen-bond acceptors (Lipinski definition) is 1. The van der Waals surface area contributed by atoms with E-state index < -0.39 is 0 Å². The quantitative estimate of drug-likeness (QED) is 0.656. The molecule has 0 aromatic heterocycles. The van der Waals surface area contributed by atoms with Crippen molar-refractivity contribution < 1.29 is 0 Å². The van der Waals surface area contributed by atoms with E-state index in [0.717, 1.165) is 17.9 Å². The van der Waals surface area contributed by atoms with Crippen LogP contribution in [0, 0.1) is 17.3 Å². The summed E-state index contributed by atoms with van der Waals surface area (Å²) in [6.45, 7) is 9.53. The molecule has 1 heteroatoms. The van der Waals surface area contributed by atoms with Crippen molar-refractivity contribution in [2.75, 3.05) is 7.05 Å². The van der Waals surface area contributed by atoms with Crippen molar-refractivity contribution in [3.63, 3.8) is 0 Å². The molecule has 1 saturated carbocycles. The minimum atomic E-state index is 0.516. The Bertz CT molecular complexity index is 208. The average molecular weight is 253 g/mol. The van der Waals surface area contributed by atoms with E-state index in [1.807, 2.05) is 0 Å². The Morgan fingerprint density at radius 3 is 2.11 bits per heavy atom. The molecule has 1 N–H and O–H groups in total. The second kappa shape index (κ2) is 7.53. The summed E-state index contributed by atoms with van der Waals surface area (Å²) in [5.74, 6) is 1.88. The summed E-state index contributed by atoms with van der Waals surface area (Å²) in [6, 6.07) is 0.775. The summed E-state index contributed by atoms with van der Waals surface area (Å²) in [4.78, 5) is 0. The maximum atomic E-state index is 3.58. The van der Waals surface area contributed by atoms with Crippen LogP contribution in [0.25, 0.3) is 0 Å². The molecule has 1 nitrogen and oxygen atoms in total. The fraction of sp³-hybridized carbons (Fsp3) is 1.00. The van der Waals surface area contributed by atoms with Crippen LogP contribution in [-0.2, 0) is 0 Å². The maximum absolute atomic E-state index is 3.58. The summed E-state index contributed by atoms with van der Waals surface area (Å²) >= 11 is 0. The van der Waals surface area contributed by atoms with Gasteiger partial charge >= 0.3 is 0 Å². The highest BCUT2D eigenvalue weighted by Crippen LogP contribution is 2.41. The Balaban J connectivity index is 2.35. The van der Waals surface area contributed by atoms with Crippen LogP contribution in [0.5, 0.6) is 0 Å². The van der Waals surface area contributed by atoms with E-state index in [1.165, 1.54) is 51.4 Å². The van der Waals surface area contributed by atoms with Crippen molar-refractivity contribution in [2.24, 2.45) is 17.3 Å². The lowest BCUT2D eigenvalue weighted by Gasteiger charge is -2.39. The highest BCUT2D eigenvalue weighted by molar-refractivity contribution is 4.85. The summed E-state index contributed by atoms with van der Waals surface area (Å²) in [6.07, 6.45) is 11.3. The molecule has 0 radical (unpaired) electrons. The molecule has 0 heterocycles. The first-order chi connectivity index (χ1) is 8.49. The van der Waals surface area contributed by atoms with Crippen molar-refractivity contribution in [1.82, 2.24) is 5.32 Å². The summed E-state index contributed by atoms with van der Waals surface area (Å²) < 4.78 is 0. The van der Waals surface area contributed by atoms with Gasteiger partial charge in [0, 0.05) is 6.04 Å². The van der Waals surface area contributed by atoms with E-state index >= 15 is 0 Å². The van der Waals surface area contributed by atoms with E-state index in [9.17, 15) is 0 Å². The van der Waals surface area contributed by atoms with Gasteiger partial charge in [0.05, 0.1) is 0 Å². The Hall–Kier alpha value is -0.0400. The molecule has 0 amide bonds. The largest absolute Gasteiger partial charge is 0.317 e. The van der Waals surface area contributed by atoms with Gasteiger partial charge in [-0.25, -0.2) is 0 Å². The van der Waals surface area contributed by atoms with Gasteiger partial charge in [0.2, 0.25) is 0 Å². The van der Waals surface area contributed by atoms with Gasteiger partial charge in [-0.2, -0.15) is 0 Å². The van der Waals surface area contributed by atoms with Crippen LogP contribution < -0.4 is 5.32 Å². The van der Waals surface area contributed by atoms with Crippen molar-refractivity contribution >= 4 is 0 Å². The number of hydrogen-bond donors (Lipinski definition) is 1. The molecule has 0 bridgehead atoms. The molecule has 0 aromatic carbocycles. The fourth-order valence-corrected chi connectivity index (χ4v) is 3.62. The molecule has 1 fully saturated rings. The monoisotopic (exact) mass is 253 g/mol. The molecular formula is C17H35N. The summed E-state index contributed by atoms with van der Waals surface area (Å²) in [5, 5.41) is 3.58. The Morgan fingerprint density at radius 1 is 1.06 bits per heavy atom. The molecule has 0 aromatic rings. The summed E-state index contributed by atoms with van der Waals surface area (Å²) in [7, 11) is 2.16. The summed E-state index contributed by atoms with van der Waals surface area (Å²) in [5.41, 5.74) is 0.516. The maximum Gasteiger partial charge on any atom is 0.00923 e. The lowest BCUT2D eigenvalue weighted by atomic mass is 9.68. The molecule has 1 atom stereocenters. The second-order valence-electron chi connectivity index (χ2n) is 7.37. The zero-order valence-electron chi connectivity index (χ0n) is 13.4. The van der Waals surface area contributed by atoms with E-state index in [1.54, 1.807) is 0 Å². The standard InChI is InChI=1S/C17H35N/c1-6-7-8-9-16(18-5)14-10-12-15(13-11-14)17(2,3)4/h14-16,18H,6-13H2,1-5H3. The van der Waals surface area contributed by atoms with Crippen molar-refractivity contribution in [2.45, 2.75) is 85.1 Å². The van der Waals surface area contributed by atoms with Crippen LogP contribution in [0.2, 0.25) is 0 Å². The van der Waals surface area contributed by atoms with Gasteiger partial charge in [0.1, 0.15) is 0 Å². The molecule has 1 unspecified atom stereocenters. The van der Waals surface area contributed by atoms with Crippen molar-refractivity contribution in [1.29, 1.82) is 0 Å². The third-order valence-corrected chi connectivity index (χ3v) is 5.06. The minimum absolute atomic E-state index is 0.516. The predicted molar refractivity (Wildman–Crippen MR) is 81.9 cm³/mol. The molecule has 0 aliphatic heterocycles. The van der Waals surface area contributed by atoms with Gasteiger partial charge in [-0.15, -0.1) is 0 Å². The highest BCUT2D eigenvalue weighted by atomic mass is 14.9. The van der Waals surface area contributed by atoms with Gasteiger partial charge in [-0.1, -0.05) is 47.0 Å². The first-order valence-electron chi connectivity index (χ1n) is 8.16. The molecule has 0 spiro atoms. The van der Waals surface area contributed by atoms with E-state index in [-0.39, 0.29) is 0 Å². The van der Waals surface area contributed by atoms with Gasteiger partial charge in [-0.05, 0) is 56.4 Å². The molecule has 1 aliphatic carbocycles. The van der Waals surface area contributed by atoms with E-state index in [0.29, 0.717) is 5.41 Å². The third-order valence-electron chi connectivity index (χ3n) is 5.06. The van der Waals surface area contributed by atoms with Gasteiger partial charge in [0.25, 0.3) is 0 Å². The van der Waals surface area contributed by atoms with Crippen LogP contribution in [-0.4, -0.2) is 13.1 Å². The third kappa shape index (κ3) is 4.91. The van der Waals surface area contributed by atoms with Gasteiger partial charge in [0.15, 0.2) is 0 Å². The minimum Gasteiger partial charge on any atom is -0.317 e. The Kier molecular flexibility index (Phi) is 6.70. The van der Waals surface area contributed by atoms with Crippen LogP contribution in [0.3, 0.4) is 0 Å². The SMILES string of the molecule is CCCCCC(NC)C1CCC(C(C)(C)C)CC1. The number of unbranched alkanes of at least 4 members (excludes halogenated alkanes) is 2. The lowest BCUT2D eigenvalue weighted by molar-refractivity contribution is 0.131. The molecule has 108 valence electrons. The number of rotatable bonds is 6. The zero-order chi connectivity index (χ0) is 13.6. The van der Waals surface area contributed by atoms with E-state index in [2.05, 4.69) is 40.1 Å². The van der Waals surface area contributed by atoms with Crippen molar-refractivity contribution in [3.05, 3.63) is 0 Å². The average Bonchev–Trinajstić information content (AvgIpc) is 2.34. The topological polar surface area (TPSA) is 12.0 Å². The lowest BCUT2D eigenvalue weighted by Crippen LogP contribution is -2.37. The Labute approximate surface area is 115 Å². The Morgan fingerprint density at radius 2 is 1.67 bits per heavy atom. The highest BCUT2D eigenvalue weighted by Gasteiger charge is 2.32. The van der Waals surface area contributed by atoms with E-state index in [4.69, 9.17) is 0 Å². The van der Waals surface area contributed by atoms with Crippen LogP contribution in [0.4, 0.5) is 0 Å². The normalized spacial score (nSPS) is 27.2. The first kappa shape index (κ1) is 16.0. The molecule has 1 rings (SSSR count). The van der Waals surface area contributed by atoms with Crippen LogP contribution in [0.1, 0.15) is 79.1 Å². The smallest absolute Gasteiger partial charge is 0.00923 e. The molecule has 1 aliphatic rings. The van der Waals surface area contributed by atoms with Gasteiger partial charge < -0.3 is 5.32 Å². The number of nitrogens with one attached hydrogen (secondary N) is 1. The molecule has 0 saturated heterocycles.